The minimum absolute atomic E-state index is 0.00412. The number of nitrogens with zero attached hydrogens (tertiary/aromatic N) is 3. The minimum Gasteiger partial charge on any atom is -0.330 e. The van der Waals surface area contributed by atoms with E-state index in [1.54, 1.807) is 18.3 Å². The lowest BCUT2D eigenvalue weighted by Crippen LogP contribution is -2.33. The lowest BCUT2D eigenvalue weighted by atomic mass is 10.2. The van der Waals surface area contributed by atoms with Gasteiger partial charge >= 0.3 is 0 Å². The zero-order valence-electron chi connectivity index (χ0n) is 11.8. The number of pyridine rings is 2. The van der Waals surface area contributed by atoms with E-state index in [0.717, 1.165) is 24.2 Å². The van der Waals surface area contributed by atoms with Crippen molar-refractivity contribution in [2.45, 2.75) is 32.4 Å². The highest BCUT2D eigenvalue weighted by molar-refractivity contribution is 6.29. The summed E-state index contributed by atoms with van der Waals surface area (Å²) in [5, 5.41) is 0.354. The summed E-state index contributed by atoms with van der Waals surface area (Å²) in [5.74, 6) is -0.00412. The molecule has 0 radical (unpaired) electrons. The van der Waals surface area contributed by atoms with Gasteiger partial charge in [0, 0.05) is 23.5 Å². The molecule has 21 heavy (non-hydrogen) atoms. The lowest BCUT2D eigenvalue weighted by Gasteiger charge is -2.22. The van der Waals surface area contributed by atoms with E-state index in [4.69, 9.17) is 11.6 Å². The van der Waals surface area contributed by atoms with Crippen molar-refractivity contribution < 1.29 is 4.79 Å². The summed E-state index contributed by atoms with van der Waals surface area (Å²) in [4.78, 5) is 23.0. The first-order valence-electron chi connectivity index (χ1n) is 6.98. The van der Waals surface area contributed by atoms with Crippen LogP contribution in [0.25, 0.3) is 0 Å². The van der Waals surface area contributed by atoms with E-state index >= 15 is 0 Å². The third-order valence-corrected chi connectivity index (χ3v) is 3.67. The number of hydrogen-bond donors (Lipinski definition) is 0. The Morgan fingerprint density at radius 2 is 2.19 bits per heavy atom. The topological polar surface area (TPSA) is 46.1 Å². The number of halogens is 1. The molecule has 1 amide bonds. The lowest BCUT2D eigenvalue weighted by molar-refractivity contribution is 0.0727. The standard InChI is InChI=1S/C16H16ClN3O/c1-11-8-12(9-15(17)19-11)16(21)20(14-5-6-14)10-13-4-2-3-7-18-13/h2-4,7-9,14H,5-6,10H2,1H3. The monoisotopic (exact) mass is 301 g/mol. The molecule has 0 unspecified atom stereocenters. The van der Waals surface area contributed by atoms with Crippen molar-refractivity contribution in [1.82, 2.24) is 14.9 Å². The fraction of sp³-hybridized carbons (Fsp3) is 0.312. The van der Waals surface area contributed by atoms with Crippen LogP contribution in [0.3, 0.4) is 0 Å². The highest BCUT2D eigenvalue weighted by Crippen LogP contribution is 2.30. The molecule has 0 aromatic carbocycles. The molecule has 0 aliphatic heterocycles. The molecule has 0 spiro atoms. The third-order valence-electron chi connectivity index (χ3n) is 3.48. The van der Waals surface area contributed by atoms with Crippen molar-refractivity contribution >= 4 is 17.5 Å². The summed E-state index contributed by atoms with van der Waals surface area (Å²) in [5.41, 5.74) is 2.24. The average molecular weight is 302 g/mol. The van der Waals surface area contributed by atoms with Gasteiger partial charge in [0.05, 0.1) is 12.2 Å². The van der Waals surface area contributed by atoms with Crippen molar-refractivity contribution in [1.29, 1.82) is 0 Å². The SMILES string of the molecule is Cc1cc(C(=O)N(Cc2ccccn2)C2CC2)cc(Cl)n1. The molecule has 1 aliphatic carbocycles. The number of aryl methyl sites for hydroxylation is 1. The van der Waals surface area contributed by atoms with Crippen LogP contribution in [0.2, 0.25) is 5.15 Å². The molecule has 0 N–H and O–H groups in total. The summed E-state index contributed by atoms with van der Waals surface area (Å²) < 4.78 is 0. The number of rotatable bonds is 4. The van der Waals surface area contributed by atoms with Gasteiger partial charge < -0.3 is 4.90 Å². The first kappa shape index (κ1) is 14.0. The Hall–Kier alpha value is -1.94. The second kappa shape index (κ2) is 5.82. The van der Waals surface area contributed by atoms with E-state index < -0.39 is 0 Å². The highest BCUT2D eigenvalue weighted by atomic mass is 35.5. The predicted octanol–water partition coefficient (Wildman–Crippen LogP) is 3.24. The number of carbonyl (C=O) groups is 1. The van der Waals surface area contributed by atoms with Gasteiger partial charge in [0.15, 0.2) is 0 Å². The molecule has 0 saturated heterocycles. The van der Waals surface area contributed by atoms with Crippen molar-refractivity contribution in [3.8, 4) is 0 Å². The van der Waals surface area contributed by atoms with Gasteiger partial charge in [0.25, 0.3) is 5.91 Å². The number of amides is 1. The molecule has 108 valence electrons. The number of carbonyl (C=O) groups excluding carboxylic acids is 1. The first-order chi connectivity index (χ1) is 10.1. The van der Waals surface area contributed by atoms with Gasteiger partial charge in [-0.2, -0.15) is 0 Å². The van der Waals surface area contributed by atoms with E-state index in [0.29, 0.717) is 23.3 Å². The van der Waals surface area contributed by atoms with Gasteiger partial charge in [0.2, 0.25) is 0 Å². The summed E-state index contributed by atoms with van der Waals surface area (Å²) in [6, 6.07) is 9.47. The average Bonchev–Trinajstić information content (AvgIpc) is 3.29. The Morgan fingerprint density at radius 3 is 2.81 bits per heavy atom. The van der Waals surface area contributed by atoms with Crippen LogP contribution in [0.15, 0.2) is 36.5 Å². The Kier molecular flexibility index (Phi) is 3.88. The van der Waals surface area contributed by atoms with Crippen LogP contribution >= 0.6 is 11.6 Å². The van der Waals surface area contributed by atoms with Crippen LogP contribution in [-0.4, -0.2) is 26.8 Å². The molecular weight excluding hydrogens is 286 g/mol. The van der Waals surface area contributed by atoms with E-state index in [2.05, 4.69) is 9.97 Å². The van der Waals surface area contributed by atoms with Crippen LogP contribution < -0.4 is 0 Å². The van der Waals surface area contributed by atoms with Gasteiger partial charge in [-0.15, -0.1) is 0 Å². The van der Waals surface area contributed by atoms with Crippen molar-refractivity contribution in [3.63, 3.8) is 0 Å². The van der Waals surface area contributed by atoms with Gasteiger partial charge in [-0.05, 0) is 44.0 Å². The van der Waals surface area contributed by atoms with Crippen LogP contribution in [0.5, 0.6) is 0 Å². The minimum atomic E-state index is -0.00412. The summed E-state index contributed by atoms with van der Waals surface area (Å²) in [7, 11) is 0. The third kappa shape index (κ3) is 3.39. The van der Waals surface area contributed by atoms with E-state index in [9.17, 15) is 4.79 Å². The maximum Gasteiger partial charge on any atom is 0.254 e. The molecular formula is C16H16ClN3O. The van der Waals surface area contributed by atoms with E-state index in [1.165, 1.54) is 0 Å². The second-order valence-corrected chi connectivity index (χ2v) is 5.69. The van der Waals surface area contributed by atoms with Gasteiger partial charge in [-0.25, -0.2) is 4.98 Å². The zero-order chi connectivity index (χ0) is 14.8. The summed E-state index contributed by atoms with van der Waals surface area (Å²) in [6.45, 7) is 2.37. The molecule has 3 rings (SSSR count). The molecule has 1 aliphatic rings. The van der Waals surface area contributed by atoms with Crippen LogP contribution in [0.4, 0.5) is 0 Å². The molecule has 5 heteroatoms. The zero-order valence-corrected chi connectivity index (χ0v) is 12.5. The predicted molar refractivity (Wildman–Crippen MR) is 81.1 cm³/mol. The molecule has 2 aromatic heterocycles. The Balaban J connectivity index is 1.85. The van der Waals surface area contributed by atoms with Crippen molar-refractivity contribution in [2.24, 2.45) is 0 Å². The fourth-order valence-corrected chi connectivity index (χ4v) is 2.59. The first-order valence-corrected chi connectivity index (χ1v) is 7.36. The summed E-state index contributed by atoms with van der Waals surface area (Å²) >= 11 is 5.96. The highest BCUT2D eigenvalue weighted by Gasteiger charge is 2.33. The number of hydrogen-bond acceptors (Lipinski definition) is 3. The quantitative estimate of drug-likeness (QED) is 0.814. The van der Waals surface area contributed by atoms with E-state index in [1.807, 2.05) is 30.0 Å². The second-order valence-electron chi connectivity index (χ2n) is 5.31. The molecule has 0 atom stereocenters. The van der Waals surface area contributed by atoms with Crippen molar-refractivity contribution in [3.05, 3.63) is 58.6 Å². The molecule has 2 heterocycles. The molecule has 0 bridgehead atoms. The Labute approximate surface area is 128 Å². The maximum atomic E-state index is 12.7. The fourth-order valence-electron chi connectivity index (χ4n) is 2.34. The van der Waals surface area contributed by atoms with Gasteiger partial charge in [0.1, 0.15) is 5.15 Å². The van der Waals surface area contributed by atoms with E-state index in [-0.39, 0.29) is 5.91 Å². The van der Waals surface area contributed by atoms with Gasteiger partial charge in [-0.3, -0.25) is 9.78 Å². The maximum absolute atomic E-state index is 12.7. The normalized spacial score (nSPS) is 14.0. The molecule has 1 fully saturated rings. The Bertz CT molecular complexity index is 636. The Morgan fingerprint density at radius 1 is 1.38 bits per heavy atom. The molecule has 2 aromatic rings. The van der Waals surface area contributed by atoms with Crippen LogP contribution in [-0.2, 0) is 6.54 Å². The molecule has 4 nitrogen and oxygen atoms in total. The van der Waals surface area contributed by atoms with Crippen molar-refractivity contribution in [2.75, 3.05) is 0 Å². The molecule has 1 saturated carbocycles. The number of aromatic nitrogens is 2. The van der Waals surface area contributed by atoms with Gasteiger partial charge in [-0.1, -0.05) is 17.7 Å². The summed E-state index contributed by atoms with van der Waals surface area (Å²) in [6.07, 6.45) is 3.85. The smallest absolute Gasteiger partial charge is 0.254 e. The van der Waals surface area contributed by atoms with Crippen LogP contribution in [0, 0.1) is 6.92 Å². The largest absolute Gasteiger partial charge is 0.330 e. The van der Waals surface area contributed by atoms with Crippen LogP contribution in [0.1, 0.15) is 34.6 Å².